The number of carbonyl (C=O) groups is 3. The summed E-state index contributed by atoms with van der Waals surface area (Å²) in [4.78, 5) is 36.3. The highest BCUT2D eigenvalue weighted by molar-refractivity contribution is 6.06. The molecule has 7 heteroatoms. The maximum atomic E-state index is 12.4. The van der Waals surface area contributed by atoms with Crippen LogP contribution in [0.2, 0.25) is 0 Å². The molecule has 0 atom stereocenters. The minimum Gasteiger partial charge on any atom is -0.478 e. The Hall–Kier alpha value is -2.57. The van der Waals surface area contributed by atoms with E-state index in [4.69, 9.17) is 9.84 Å². The van der Waals surface area contributed by atoms with Gasteiger partial charge in [0.05, 0.1) is 11.3 Å². The lowest BCUT2D eigenvalue weighted by Gasteiger charge is -2.38. The summed E-state index contributed by atoms with van der Waals surface area (Å²) in [6.07, 6.45) is 0. The van der Waals surface area contributed by atoms with Crippen molar-refractivity contribution in [1.29, 1.82) is 0 Å². The molecule has 1 aliphatic rings. The molecule has 1 heterocycles. The van der Waals surface area contributed by atoms with E-state index in [9.17, 15) is 14.4 Å². The van der Waals surface area contributed by atoms with Crippen molar-refractivity contribution < 1.29 is 24.2 Å². The fourth-order valence-electron chi connectivity index (χ4n) is 2.08. The lowest BCUT2D eigenvalue weighted by molar-refractivity contribution is -0.134. The Morgan fingerprint density at radius 3 is 2.62 bits per heavy atom. The average Bonchev–Trinajstić information content (AvgIpc) is 2.42. The SMILES string of the molecule is CNC(=O)CN1C(=O)C(C)(C)Oc2ccc(C(=O)O)cc21. The van der Waals surface area contributed by atoms with Crippen molar-refractivity contribution in [3.63, 3.8) is 0 Å². The first-order valence-electron chi connectivity index (χ1n) is 6.35. The first-order chi connectivity index (χ1) is 9.76. The number of nitrogens with zero attached hydrogens (tertiary/aromatic N) is 1. The van der Waals surface area contributed by atoms with E-state index < -0.39 is 17.5 Å². The molecule has 0 saturated heterocycles. The zero-order valence-corrected chi connectivity index (χ0v) is 12.0. The number of fused-ring (bicyclic) bond motifs is 1. The van der Waals surface area contributed by atoms with Gasteiger partial charge in [0.2, 0.25) is 5.91 Å². The van der Waals surface area contributed by atoms with Crippen molar-refractivity contribution in [2.24, 2.45) is 0 Å². The summed E-state index contributed by atoms with van der Waals surface area (Å²) < 4.78 is 5.60. The summed E-state index contributed by atoms with van der Waals surface area (Å²) >= 11 is 0. The van der Waals surface area contributed by atoms with Gasteiger partial charge in [0.1, 0.15) is 12.3 Å². The van der Waals surface area contributed by atoms with Crippen LogP contribution in [0, 0.1) is 0 Å². The standard InChI is InChI=1S/C14H16N2O5/c1-14(2)13(20)16(7-11(17)15-3)9-6-8(12(18)19)4-5-10(9)21-14/h4-6H,7H2,1-3H3,(H,15,17)(H,18,19). The fraction of sp³-hybridized carbons (Fsp3) is 0.357. The Labute approximate surface area is 121 Å². The number of likely N-dealkylation sites (N-methyl/N-ethyl adjacent to an activating group) is 1. The van der Waals surface area contributed by atoms with Crippen LogP contribution in [0.5, 0.6) is 5.75 Å². The first-order valence-corrected chi connectivity index (χ1v) is 6.35. The number of benzene rings is 1. The molecule has 1 aromatic rings. The highest BCUT2D eigenvalue weighted by Gasteiger charge is 2.41. The van der Waals surface area contributed by atoms with Crippen molar-refractivity contribution in [2.45, 2.75) is 19.4 Å². The zero-order chi connectivity index (χ0) is 15.8. The predicted octanol–water partition coefficient (Wildman–Crippen LogP) is 0.635. The highest BCUT2D eigenvalue weighted by atomic mass is 16.5. The van der Waals surface area contributed by atoms with Gasteiger partial charge in [-0.05, 0) is 32.0 Å². The van der Waals surface area contributed by atoms with Gasteiger partial charge in [-0.1, -0.05) is 0 Å². The van der Waals surface area contributed by atoms with Crippen LogP contribution in [-0.4, -0.2) is 42.1 Å². The minimum absolute atomic E-state index is 0.0202. The zero-order valence-electron chi connectivity index (χ0n) is 12.0. The van der Waals surface area contributed by atoms with Crippen molar-refractivity contribution in [1.82, 2.24) is 5.32 Å². The van der Waals surface area contributed by atoms with Gasteiger partial charge in [-0.25, -0.2) is 4.79 Å². The summed E-state index contributed by atoms with van der Waals surface area (Å²) in [7, 11) is 1.47. The largest absolute Gasteiger partial charge is 0.478 e. The van der Waals surface area contributed by atoms with Crippen molar-refractivity contribution in [3.8, 4) is 5.75 Å². The van der Waals surface area contributed by atoms with E-state index in [2.05, 4.69) is 5.32 Å². The fourth-order valence-corrected chi connectivity index (χ4v) is 2.08. The molecule has 0 spiro atoms. The first kappa shape index (κ1) is 14.8. The number of aromatic carboxylic acids is 1. The number of carbonyl (C=O) groups excluding carboxylic acids is 2. The van der Waals surface area contributed by atoms with Crippen LogP contribution >= 0.6 is 0 Å². The number of anilines is 1. The Bertz CT molecular complexity index is 624. The molecule has 1 aromatic carbocycles. The normalized spacial score (nSPS) is 16.0. The number of ether oxygens (including phenoxy) is 1. The molecule has 1 aliphatic heterocycles. The number of nitrogens with one attached hydrogen (secondary N) is 1. The molecular weight excluding hydrogens is 276 g/mol. The van der Waals surface area contributed by atoms with Gasteiger partial charge in [-0.15, -0.1) is 0 Å². The van der Waals surface area contributed by atoms with Gasteiger partial charge >= 0.3 is 5.97 Å². The summed E-state index contributed by atoms with van der Waals surface area (Å²) in [6, 6.07) is 4.21. The summed E-state index contributed by atoms with van der Waals surface area (Å²) in [5.74, 6) is -1.50. The minimum atomic E-state index is -1.12. The Morgan fingerprint density at radius 1 is 1.38 bits per heavy atom. The third kappa shape index (κ3) is 2.67. The quantitative estimate of drug-likeness (QED) is 0.852. The third-order valence-corrected chi connectivity index (χ3v) is 3.20. The monoisotopic (exact) mass is 292 g/mol. The van der Waals surface area contributed by atoms with Crippen LogP contribution in [0.4, 0.5) is 5.69 Å². The van der Waals surface area contributed by atoms with Gasteiger partial charge in [0.25, 0.3) is 5.91 Å². The lowest BCUT2D eigenvalue weighted by atomic mass is 10.0. The number of rotatable bonds is 3. The topological polar surface area (TPSA) is 95.9 Å². The van der Waals surface area contributed by atoms with Gasteiger partial charge < -0.3 is 15.2 Å². The predicted molar refractivity (Wildman–Crippen MR) is 74.5 cm³/mol. The van der Waals surface area contributed by atoms with E-state index in [1.165, 1.54) is 30.1 Å². The Kier molecular flexibility index (Phi) is 3.59. The second-order valence-electron chi connectivity index (χ2n) is 5.16. The van der Waals surface area contributed by atoms with Gasteiger partial charge in [-0.3, -0.25) is 14.5 Å². The molecule has 21 heavy (non-hydrogen) atoms. The lowest BCUT2D eigenvalue weighted by Crippen LogP contribution is -2.54. The molecule has 0 fully saturated rings. The van der Waals surface area contributed by atoms with E-state index in [1.807, 2.05) is 0 Å². The number of hydrogen-bond acceptors (Lipinski definition) is 4. The molecule has 7 nitrogen and oxygen atoms in total. The maximum Gasteiger partial charge on any atom is 0.335 e. The smallest absolute Gasteiger partial charge is 0.335 e. The molecule has 2 N–H and O–H groups in total. The molecule has 0 saturated carbocycles. The van der Waals surface area contributed by atoms with Crippen LogP contribution < -0.4 is 15.0 Å². The summed E-state index contributed by atoms with van der Waals surface area (Å²) in [5, 5.41) is 11.5. The Morgan fingerprint density at radius 2 is 2.05 bits per heavy atom. The van der Waals surface area contributed by atoms with E-state index in [0.29, 0.717) is 5.75 Å². The molecule has 0 aromatic heterocycles. The second-order valence-corrected chi connectivity index (χ2v) is 5.16. The maximum absolute atomic E-state index is 12.4. The van der Waals surface area contributed by atoms with Crippen LogP contribution in [0.3, 0.4) is 0 Å². The van der Waals surface area contributed by atoms with Gasteiger partial charge in [0, 0.05) is 7.05 Å². The van der Waals surface area contributed by atoms with Crippen molar-refractivity contribution >= 4 is 23.5 Å². The molecule has 0 radical (unpaired) electrons. The number of carboxylic acid groups (broad SMARTS) is 1. The number of hydrogen-bond donors (Lipinski definition) is 2. The van der Waals surface area contributed by atoms with Crippen LogP contribution in [0.25, 0.3) is 0 Å². The van der Waals surface area contributed by atoms with E-state index in [1.54, 1.807) is 13.8 Å². The molecule has 0 bridgehead atoms. The van der Waals surface area contributed by atoms with Gasteiger partial charge in [0.15, 0.2) is 5.60 Å². The molecular formula is C14H16N2O5. The number of carboxylic acids is 1. The van der Waals surface area contributed by atoms with E-state index in [0.717, 1.165) is 0 Å². The van der Waals surface area contributed by atoms with Crippen molar-refractivity contribution in [3.05, 3.63) is 23.8 Å². The number of amides is 2. The van der Waals surface area contributed by atoms with Crippen LogP contribution in [0.1, 0.15) is 24.2 Å². The summed E-state index contributed by atoms with van der Waals surface area (Å²) in [5.41, 5.74) is -0.819. The van der Waals surface area contributed by atoms with E-state index in [-0.39, 0.29) is 23.7 Å². The molecule has 112 valence electrons. The second kappa shape index (κ2) is 5.08. The highest BCUT2D eigenvalue weighted by Crippen LogP contribution is 2.38. The molecule has 2 rings (SSSR count). The molecule has 2 amide bonds. The van der Waals surface area contributed by atoms with E-state index >= 15 is 0 Å². The van der Waals surface area contributed by atoms with Crippen LogP contribution in [-0.2, 0) is 9.59 Å². The van der Waals surface area contributed by atoms with Crippen molar-refractivity contribution in [2.75, 3.05) is 18.5 Å². The van der Waals surface area contributed by atoms with Gasteiger partial charge in [-0.2, -0.15) is 0 Å². The summed E-state index contributed by atoms with van der Waals surface area (Å²) in [6.45, 7) is 3.00. The molecule has 0 aliphatic carbocycles. The third-order valence-electron chi connectivity index (χ3n) is 3.20. The Balaban J connectivity index is 2.52. The molecule has 0 unspecified atom stereocenters. The van der Waals surface area contributed by atoms with Crippen LogP contribution in [0.15, 0.2) is 18.2 Å². The average molecular weight is 292 g/mol.